The van der Waals surface area contributed by atoms with Crippen LogP contribution in [0.1, 0.15) is 50.9 Å². The number of carboxylic acids is 3. The first-order chi connectivity index (χ1) is 28.6. The standard InChI is InChI=1S/C40H51F2N7O11S/c1-40(2,3)35(30-13-23(25-14-24(41)9-10-26(25)42)19-48(30)18-22-7-5-4-6-8-22)49(33(52)20-50)12-11-27(43)36(55)47-29(39(59)60)16-45-32(51)17-46-37(56)31(15-34(53)54)61-21-28(44)38(57)58/h4-10,13-14,19,27-29,31,35,50H,11-12,15-18,20-21,43-44H2,1-3H3,(H,45,51)(H,46,56)(H,47,55)(H,53,54)(H,57,58)(H,59,60)/t27-,28-,29?,31?,35-/m0/s1. The van der Waals surface area contributed by atoms with Gasteiger partial charge in [-0.25, -0.2) is 13.6 Å². The number of benzene rings is 2. The first-order valence-electron chi connectivity index (χ1n) is 18.9. The highest BCUT2D eigenvalue weighted by molar-refractivity contribution is 8.00. The Hall–Kier alpha value is -5.90. The summed E-state index contributed by atoms with van der Waals surface area (Å²) in [5.41, 5.74) is 12.5. The van der Waals surface area contributed by atoms with E-state index >= 15 is 4.39 Å². The van der Waals surface area contributed by atoms with Gasteiger partial charge in [0.25, 0.3) is 0 Å². The quantitative estimate of drug-likeness (QED) is 0.0640. The van der Waals surface area contributed by atoms with Crippen molar-refractivity contribution >= 4 is 53.3 Å². The van der Waals surface area contributed by atoms with Crippen LogP contribution in [-0.4, -0.2) is 127 Å². The van der Waals surface area contributed by atoms with Crippen molar-refractivity contribution < 1.29 is 62.8 Å². The maximum Gasteiger partial charge on any atom is 0.328 e. The second-order valence-electron chi connectivity index (χ2n) is 15.1. The summed E-state index contributed by atoms with van der Waals surface area (Å²) in [6.07, 6.45) is 0.683. The minimum Gasteiger partial charge on any atom is -0.481 e. The van der Waals surface area contributed by atoms with Crippen molar-refractivity contribution in [3.8, 4) is 11.1 Å². The number of carboxylic acid groups (broad SMARTS) is 3. The summed E-state index contributed by atoms with van der Waals surface area (Å²) < 4.78 is 31.2. The van der Waals surface area contributed by atoms with Crippen LogP contribution in [-0.2, 0) is 40.1 Å². The molecule has 3 rings (SSSR count). The predicted octanol–water partition coefficient (Wildman–Crippen LogP) is 0.897. The topological polar surface area (TPSA) is 297 Å². The number of amides is 4. The number of nitrogens with two attached hydrogens (primary N) is 2. The highest BCUT2D eigenvalue weighted by Crippen LogP contribution is 2.41. The van der Waals surface area contributed by atoms with Crippen LogP contribution in [0.5, 0.6) is 0 Å². The van der Waals surface area contributed by atoms with Crippen LogP contribution in [0.3, 0.4) is 0 Å². The molecule has 2 unspecified atom stereocenters. The Labute approximate surface area is 354 Å². The molecule has 0 aliphatic carbocycles. The van der Waals surface area contributed by atoms with E-state index in [-0.39, 0.29) is 30.8 Å². The number of hydrogen-bond acceptors (Lipinski definition) is 11. The van der Waals surface area contributed by atoms with Gasteiger partial charge in [-0.2, -0.15) is 0 Å². The molecule has 11 N–H and O–H groups in total. The maximum absolute atomic E-state index is 15.1. The number of aliphatic hydroxyl groups excluding tert-OH is 1. The molecule has 0 aliphatic heterocycles. The summed E-state index contributed by atoms with van der Waals surface area (Å²) in [7, 11) is 0. The number of nitrogens with one attached hydrogen (secondary N) is 3. The van der Waals surface area contributed by atoms with Gasteiger partial charge in [-0.1, -0.05) is 51.1 Å². The van der Waals surface area contributed by atoms with E-state index in [0.717, 1.165) is 23.8 Å². The van der Waals surface area contributed by atoms with E-state index < -0.39 is 114 Å². The lowest BCUT2D eigenvalue weighted by Gasteiger charge is -2.41. The van der Waals surface area contributed by atoms with Crippen LogP contribution in [0.15, 0.2) is 60.8 Å². The fourth-order valence-corrected chi connectivity index (χ4v) is 7.30. The van der Waals surface area contributed by atoms with Crippen LogP contribution in [0.4, 0.5) is 8.78 Å². The van der Waals surface area contributed by atoms with Gasteiger partial charge >= 0.3 is 17.9 Å². The van der Waals surface area contributed by atoms with Crippen LogP contribution in [0, 0.1) is 17.0 Å². The third-order valence-electron chi connectivity index (χ3n) is 9.24. The van der Waals surface area contributed by atoms with Gasteiger partial charge in [0.05, 0.1) is 30.3 Å². The van der Waals surface area contributed by atoms with E-state index in [1.807, 2.05) is 51.1 Å². The van der Waals surface area contributed by atoms with Crippen molar-refractivity contribution in [3.05, 3.63) is 83.7 Å². The number of nitrogens with zero attached hydrogens (tertiary/aromatic N) is 2. The molecule has 0 aliphatic rings. The molecule has 2 aromatic carbocycles. The van der Waals surface area contributed by atoms with E-state index in [0.29, 0.717) is 23.0 Å². The average molecular weight is 876 g/mol. The number of halogens is 2. The van der Waals surface area contributed by atoms with Gasteiger partial charge in [0.1, 0.15) is 30.3 Å². The number of carbonyl (C=O) groups excluding carboxylic acids is 4. The second-order valence-corrected chi connectivity index (χ2v) is 16.3. The van der Waals surface area contributed by atoms with E-state index in [2.05, 4.69) is 16.0 Å². The number of thioether (sulfide) groups is 1. The molecule has 3 aromatic rings. The lowest BCUT2D eigenvalue weighted by molar-refractivity contribution is -0.142. The molecule has 1 aromatic heterocycles. The first kappa shape index (κ1) is 49.5. The van der Waals surface area contributed by atoms with Gasteiger partial charge in [-0.3, -0.25) is 28.8 Å². The molecule has 1 heterocycles. The molecule has 0 saturated carbocycles. The monoisotopic (exact) mass is 875 g/mol. The smallest absolute Gasteiger partial charge is 0.328 e. The Morgan fingerprint density at radius 3 is 2.15 bits per heavy atom. The van der Waals surface area contributed by atoms with Crippen molar-refractivity contribution in [2.45, 2.75) is 69.6 Å². The maximum atomic E-state index is 15.1. The summed E-state index contributed by atoms with van der Waals surface area (Å²) in [6.45, 7) is 3.18. The zero-order chi connectivity index (χ0) is 45.6. The lowest BCUT2D eigenvalue weighted by Crippen LogP contribution is -2.54. The molecule has 61 heavy (non-hydrogen) atoms. The molecule has 4 amide bonds. The van der Waals surface area contributed by atoms with Crippen LogP contribution >= 0.6 is 11.8 Å². The molecule has 332 valence electrons. The molecule has 5 atom stereocenters. The highest BCUT2D eigenvalue weighted by Gasteiger charge is 2.38. The van der Waals surface area contributed by atoms with Gasteiger partial charge in [0, 0.05) is 48.4 Å². The van der Waals surface area contributed by atoms with Crippen molar-refractivity contribution in [3.63, 3.8) is 0 Å². The fourth-order valence-electron chi connectivity index (χ4n) is 6.23. The minimum absolute atomic E-state index is 0.0209. The summed E-state index contributed by atoms with van der Waals surface area (Å²) in [6, 6.07) is 8.55. The number of aliphatic hydroxyl groups is 1. The van der Waals surface area contributed by atoms with Gasteiger partial charge in [0.15, 0.2) is 0 Å². The van der Waals surface area contributed by atoms with E-state index in [1.54, 1.807) is 16.8 Å². The zero-order valence-electron chi connectivity index (χ0n) is 33.7. The van der Waals surface area contributed by atoms with Crippen LogP contribution < -0.4 is 27.4 Å². The third-order valence-corrected chi connectivity index (χ3v) is 10.6. The molecule has 0 saturated heterocycles. The SMILES string of the molecule is CC(C)(C)[C@H](c1cc(-c2cc(F)ccc2F)cn1Cc1ccccc1)N(CC[C@H](N)C(=O)NC(CNC(=O)CNC(=O)C(CC(=O)O)SC[C@H](N)C(=O)O)C(=O)O)C(=O)CO. The molecule has 0 fully saturated rings. The summed E-state index contributed by atoms with van der Waals surface area (Å²) in [4.78, 5) is 87.3. The van der Waals surface area contributed by atoms with E-state index in [9.17, 15) is 48.2 Å². The number of rotatable bonds is 23. The third kappa shape index (κ3) is 15.0. The molecule has 18 nitrogen and oxygen atoms in total. The fraction of sp³-hybridized carbons (Fsp3) is 0.425. The minimum atomic E-state index is -1.72. The largest absolute Gasteiger partial charge is 0.481 e. The normalized spacial score (nSPS) is 13.8. The first-order valence-corrected chi connectivity index (χ1v) is 19.9. The van der Waals surface area contributed by atoms with Crippen molar-refractivity contribution in [1.29, 1.82) is 0 Å². The molecule has 0 spiro atoms. The van der Waals surface area contributed by atoms with Gasteiger partial charge in [0.2, 0.25) is 23.6 Å². The van der Waals surface area contributed by atoms with E-state index in [1.165, 1.54) is 4.90 Å². The van der Waals surface area contributed by atoms with Crippen LogP contribution in [0.25, 0.3) is 11.1 Å². The summed E-state index contributed by atoms with van der Waals surface area (Å²) in [5.74, 6) is -9.48. The van der Waals surface area contributed by atoms with Gasteiger partial charge < -0.3 is 57.3 Å². The Kier molecular flexibility index (Phi) is 18.4. The van der Waals surface area contributed by atoms with Crippen molar-refractivity contribution in [2.75, 3.05) is 32.0 Å². The van der Waals surface area contributed by atoms with Crippen molar-refractivity contribution in [1.82, 2.24) is 25.4 Å². The molecular weight excluding hydrogens is 825 g/mol. The van der Waals surface area contributed by atoms with Gasteiger partial charge in [-0.15, -0.1) is 11.8 Å². The Bertz CT molecular complexity index is 2050. The Balaban J connectivity index is 1.76. The zero-order valence-corrected chi connectivity index (χ0v) is 34.5. The lowest BCUT2D eigenvalue weighted by atomic mass is 9.82. The molecule has 0 radical (unpaired) electrons. The Morgan fingerprint density at radius 2 is 1.56 bits per heavy atom. The summed E-state index contributed by atoms with van der Waals surface area (Å²) >= 11 is 0.663. The Morgan fingerprint density at radius 1 is 0.885 bits per heavy atom. The predicted molar refractivity (Wildman–Crippen MR) is 219 cm³/mol. The number of carbonyl (C=O) groups is 7. The van der Waals surface area contributed by atoms with Crippen LogP contribution in [0.2, 0.25) is 0 Å². The summed E-state index contributed by atoms with van der Waals surface area (Å²) in [5, 5.41) is 43.3. The van der Waals surface area contributed by atoms with Crippen molar-refractivity contribution in [2.24, 2.45) is 16.9 Å². The number of aromatic nitrogens is 1. The number of aliphatic carboxylic acids is 3. The number of hydrogen-bond donors (Lipinski definition) is 9. The average Bonchev–Trinajstić information content (AvgIpc) is 3.60. The highest BCUT2D eigenvalue weighted by atomic mass is 32.2. The molecule has 0 bridgehead atoms. The molecule has 21 heteroatoms. The second kappa shape index (κ2) is 22.6. The molecular formula is C40H51F2N7O11S. The van der Waals surface area contributed by atoms with E-state index in [4.69, 9.17) is 21.7 Å². The van der Waals surface area contributed by atoms with Gasteiger partial charge in [-0.05, 0) is 41.7 Å².